The molecule has 0 saturated heterocycles. The third kappa shape index (κ3) is 1.76. The van der Waals surface area contributed by atoms with Crippen LogP contribution in [0, 0.1) is 0 Å². The number of hydrogen-bond acceptors (Lipinski definition) is 3. The summed E-state index contributed by atoms with van der Waals surface area (Å²) >= 11 is 0. The third-order valence-corrected chi connectivity index (χ3v) is 2.30. The van der Waals surface area contributed by atoms with Crippen molar-refractivity contribution in [2.45, 2.75) is 6.42 Å². The number of anilines is 1. The van der Waals surface area contributed by atoms with E-state index in [0.29, 0.717) is 6.42 Å². The van der Waals surface area contributed by atoms with E-state index in [4.69, 9.17) is 10.6 Å². The van der Waals surface area contributed by atoms with Gasteiger partial charge in [0.25, 0.3) is 0 Å². The average molecular weight is 205 g/mol. The first-order valence-corrected chi connectivity index (χ1v) is 4.53. The molecular formula is C10H11N3O2. The molecule has 1 aromatic rings. The number of oxime groups is 1. The van der Waals surface area contributed by atoms with E-state index in [1.54, 1.807) is 25.4 Å². The zero-order valence-corrected chi connectivity index (χ0v) is 8.30. The van der Waals surface area contributed by atoms with Gasteiger partial charge in [0, 0.05) is 30.9 Å². The van der Waals surface area contributed by atoms with Crippen molar-refractivity contribution in [3.8, 4) is 5.75 Å². The van der Waals surface area contributed by atoms with Gasteiger partial charge >= 0.3 is 6.03 Å². The summed E-state index contributed by atoms with van der Waals surface area (Å²) in [5, 5.41) is 3.70. The average Bonchev–Trinajstić information content (AvgIpc) is 2.27. The number of nitrogens with zero attached hydrogens (tertiary/aromatic N) is 2. The second-order valence-electron chi connectivity index (χ2n) is 3.27. The lowest BCUT2D eigenvalue weighted by Crippen LogP contribution is -2.31. The van der Waals surface area contributed by atoms with E-state index >= 15 is 0 Å². The fourth-order valence-electron chi connectivity index (χ4n) is 1.38. The maximum absolute atomic E-state index is 11.0. The highest BCUT2D eigenvalue weighted by atomic mass is 16.6. The molecule has 0 fully saturated rings. The van der Waals surface area contributed by atoms with Gasteiger partial charge in [-0.15, -0.1) is 0 Å². The van der Waals surface area contributed by atoms with Crippen LogP contribution in [0.5, 0.6) is 5.75 Å². The monoisotopic (exact) mass is 205 g/mol. The first kappa shape index (κ1) is 9.51. The number of primary amides is 1. The molecule has 0 atom stereocenters. The maximum Gasteiger partial charge on any atom is 0.318 e. The molecule has 0 spiro atoms. The lowest BCUT2D eigenvalue weighted by Gasteiger charge is -2.17. The molecule has 0 aromatic heterocycles. The zero-order valence-electron chi connectivity index (χ0n) is 8.30. The quantitative estimate of drug-likeness (QED) is 0.746. The Morgan fingerprint density at radius 3 is 3.13 bits per heavy atom. The van der Waals surface area contributed by atoms with E-state index < -0.39 is 6.03 Å². The van der Waals surface area contributed by atoms with Crippen molar-refractivity contribution in [2.24, 2.45) is 10.9 Å². The van der Waals surface area contributed by atoms with E-state index in [2.05, 4.69) is 5.16 Å². The van der Waals surface area contributed by atoms with E-state index in [1.165, 1.54) is 4.90 Å². The van der Waals surface area contributed by atoms with Crippen molar-refractivity contribution in [3.05, 3.63) is 23.8 Å². The highest BCUT2D eigenvalue weighted by Crippen LogP contribution is 2.26. The number of benzene rings is 1. The molecule has 78 valence electrons. The molecule has 0 radical (unpaired) electrons. The standard InChI is InChI=1S/C10H11N3O2/c1-13(10(11)14)8-2-3-9-7(6-8)4-5-12-15-9/h2-3,5-6H,4H2,1H3,(H2,11,14). The van der Waals surface area contributed by atoms with Crippen LogP contribution >= 0.6 is 0 Å². The molecule has 1 aliphatic heterocycles. The van der Waals surface area contributed by atoms with Crippen LogP contribution in [0.2, 0.25) is 0 Å². The lowest BCUT2D eigenvalue weighted by atomic mass is 10.1. The second kappa shape index (κ2) is 3.61. The van der Waals surface area contributed by atoms with Crippen LogP contribution in [0.1, 0.15) is 5.56 Å². The summed E-state index contributed by atoms with van der Waals surface area (Å²) in [6.45, 7) is 0. The van der Waals surface area contributed by atoms with Gasteiger partial charge in [0.1, 0.15) is 0 Å². The fourth-order valence-corrected chi connectivity index (χ4v) is 1.38. The molecule has 0 unspecified atom stereocenters. The number of rotatable bonds is 1. The summed E-state index contributed by atoms with van der Waals surface area (Å²) in [6, 6.07) is 4.93. The molecule has 5 nitrogen and oxygen atoms in total. The minimum absolute atomic E-state index is 0.486. The third-order valence-electron chi connectivity index (χ3n) is 2.30. The van der Waals surface area contributed by atoms with Gasteiger partial charge in [-0.3, -0.25) is 4.90 Å². The van der Waals surface area contributed by atoms with Crippen molar-refractivity contribution < 1.29 is 9.63 Å². The lowest BCUT2D eigenvalue weighted by molar-refractivity contribution is 0.255. The van der Waals surface area contributed by atoms with E-state index in [9.17, 15) is 4.79 Å². The van der Waals surface area contributed by atoms with Crippen LogP contribution in [0.3, 0.4) is 0 Å². The minimum atomic E-state index is -0.486. The largest absolute Gasteiger partial charge is 0.357 e. The molecule has 0 bridgehead atoms. The Morgan fingerprint density at radius 1 is 1.60 bits per heavy atom. The summed E-state index contributed by atoms with van der Waals surface area (Å²) in [5.41, 5.74) is 6.92. The smallest absolute Gasteiger partial charge is 0.318 e. The number of urea groups is 1. The van der Waals surface area contributed by atoms with Crippen molar-refractivity contribution in [3.63, 3.8) is 0 Å². The predicted molar refractivity (Wildman–Crippen MR) is 57.3 cm³/mol. The van der Waals surface area contributed by atoms with Crippen molar-refractivity contribution in [2.75, 3.05) is 11.9 Å². The van der Waals surface area contributed by atoms with Gasteiger partial charge in [-0.05, 0) is 18.2 Å². The summed E-state index contributed by atoms with van der Waals surface area (Å²) in [6.07, 6.45) is 2.38. The van der Waals surface area contributed by atoms with Crippen LogP contribution in [-0.2, 0) is 6.42 Å². The van der Waals surface area contributed by atoms with Gasteiger partial charge in [0.15, 0.2) is 5.75 Å². The maximum atomic E-state index is 11.0. The number of nitrogens with two attached hydrogens (primary N) is 1. The van der Waals surface area contributed by atoms with Crippen molar-refractivity contribution >= 4 is 17.9 Å². The van der Waals surface area contributed by atoms with Crippen LogP contribution in [0.4, 0.5) is 10.5 Å². The number of hydrogen-bond donors (Lipinski definition) is 1. The van der Waals surface area contributed by atoms with Crippen LogP contribution in [-0.4, -0.2) is 19.3 Å². The second-order valence-corrected chi connectivity index (χ2v) is 3.27. The van der Waals surface area contributed by atoms with Gasteiger partial charge in [0.2, 0.25) is 0 Å². The number of amides is 2. The van der Waals surface area contributed by atoms with Gasteiger partial charge < -0.3 is 10.6 Å². The summed E-state index contributed by atoms with van der Waals surface area (Å²) < 4.78 is 0. The molecule has 1 aliphatic rings. The van der Waals surface area contributed by atoms with Crippen LogP contribution in [0.25, 0.3) is 0 Å². The SMILES string of the molecule is CN(C(N)=O)c1ccc2c(c1)CC=NO2. The Labute approximate surface area is 87.1 Å². The molecule has 5 heteroatoms. The Morgan fingerprint density at radius 2 is 2.40 bits per heavy atom. The number of fused-ring (bicyclic) bond motifs is 1. The Balaban J connectivity index is 2.33. The highest BCUT2D eigenvalue weighted by molar-refractivity contribution is 5.90. The van der Waals surface area contributed by atoms with Gasteiger partial charge in [-0.2, -0.15) is 0 Å². The molecule has 2 rings (SSSR count). The number of carbonyl (C=O) groups excluding carboxylic acids is 1. The topological polar surface area (TPSA) is 67.9 Å². The van der Waals surface area contributed by atoms with Crippen LogP contribution < -0.4 is 15.5 Å². The Bertz CT molecular complexity index is 429. The van der Waals surface area contributed by atoms with Gasteiger partial charge in [-0.25, -0.2) is 4.79 Å². The van der Waals surface area contributed by atoms with E-state index in [1.807, 2.05) is 6.07 Å². The molecule has 15 heavy (non-hydrogen) atoms. The van der Waals surface area contributed by atoms with Gasteiger partial charge in [0.05, 0.1) is 0 Å². The van der Waals surface area contributed by atoms with E-state index in [0.717, 1.165) is 17.0 Å². The molecule has 0 aliphatic carbocycles. The van der Waals surface area contributed by atoms with Gasteiger partial charge in [-0.1, -0.05) is 5.16 Å². The first-order valence-electron chi connectivity index (χ1n) is 4.53. The fraction of sp³-hybridized carbons (Fsp3) is 0.200. The molecule has 1 heterocycles. The molecule has 2 amide bonds. The summed E-state index contributed by atoms with van der Waals surface area (Å²) in [7, 11) is 1.63. The normalized spacial score (nSPS) is 12.9. The minimum Gasteiger partial charge on any atom is -0.357 e. The first-order chi connectivity index (χ1) is 7.18. The number of carbonyl (C=O) groups is 1. The molecule has 1 aromatic carbocycles. The van der Waals surface area contributed by atoms with Crippen molar-refractivity contribution in [1.29, 1.82) is 0 Å². The van der Waals surface area contributed by atoms with E-state index in [-0.39, 0.29) is 0 Å². The zero-order chi connectivity index (χ0) is 10.8. The van der Waals surface area contributed by atoms with Crippen LogP contribution in [0.15, 0.2) is 23.4 Å². The molecular weight excluding hydrogens is 194 g/mol. The summed E-state index contributed by atoms with van der Waals surface area (Å²) in [4.78, 5) is 17.4. The Kier molecular flexibility index (Phi) is 2.29. The van der Waals surface area contributed by atoms with Crippen molar-refractivity contribution in [1.82, 2.24) is 0 Å². The Hall–Kier alpha value is -2.04. The molecule has 0 saturated carbocycles. The summed E-state index contributed by atoms with van der Waals surface area (Å²) in [5.74, 6) is 0.721. The highest BCUT2D eigenvalue weighted by Gasteiger charge is 2.12. The predicted octanol–water partition coefficient (Wildman–Crippen LogP) is 1.12. The molecule has 2 N–H and O–H groups in total.